The van der Waals surface area contributed by atoms with Crippen molar-refractivity contribution in [2.24, 2.45) is 0 Å². The third-order valence-corrected chi connectivity index (χ3v) is 8.78. The molecule has 2 fully saturated rings. The number of anilines is 1. The number of sulfonamides is 1. The number of hydrogen-bond donors (Lipinski definition) is 0. The normalized spacial score (nSPS) is 21.1. The highest BCUT2D eigenvalue weighted by Gasteiger charge is 2.30. The zero-order chi connectivity index (χ0) is 26.0. The number of halogens is 1. The molecule has 2 aromatic carbocycles. The van der Waals surface area contributed by atoms with Crippen molar-refractivity contribution < 1.29 is 13.2 Å². The first-order chi connectivity index (χ1) is 17.8. The Balaban J connectivity index is 1.41. The number of aromatic nitrogens is 2. The lowest BCUT2D eigenvalue weighted by molar-refractivity contribution is 0.144. The molecule has 0 unspecified atom stereocenters. The second kappa shape index (κ2) is 10.8. The van der Waals surface area contributed by atoms with Crippen molar-refractivity contribution in [1.82, 2.24) is 14.1 Å². The maximum absolute atomic E-state index is 13.7. The predicted octanol–water partition coefficient (Wildman–Crippen LogP) is 4.07. The van der Waals surface area contributed by atoms with Crippen molar-refractivity contribution in [2.45, 2.75) is 37.7 Å². The summed E-state index contributed by atoms with van der Waals surface area (Å²) >= 11 is 6.17. The summed E-state index contributed by atoms with van der Waals surface area (Å²) < 4.78 is 33.2. The first-order valence-corrected chi connectivity index (χ1v) is 14.8. The molecular formula is C27H31ClN4O4S. The summed E-state index contributed by atoms with van der Waals surface area (Å²) in [4.78, 5) is 15.7. The minimum absolute atomic E-state index is 0.0843. The fraction of sp³-hybridized carbons (Fsp3) is 0.407. The van der Waals surface area contributed by atoms with Gasteiger partial charge < -0.3 is 9.64 Å². The number of nitrogens with zero attached hydrogens (tertiary/aromatic N) is 4. The van der Waals surface area contributed by atoms with Gasteiger partial charge in [-0.3, -0.25) is 4.79 Å². The molecule has 0 atom stereocenters. The monoisotopic (exact) mass is 542 g/mol. The summed E-state index contributed by atoms with van der Waals surface area (Å²) in [6.45, 7) is 1.59. The molecule has 1 saturated heterocycles. The Kier molecular flexibility index (Phi) is 7.55. The molecule has 37 heavy (non-hydrogen) atoms. The molecule has 0 bridgehead atoms. The molecule has 2 heterocycles. The van der Waals surface area contributed by atoms with E-state index in [1.54, 1.807) is 30.5 Å². The van der Waals surface area contributed by atoms with E-state index >= 15 is 0 Å². The van der Waals surface area contributed by atoms with Gasteiger partial charge in [0.05, 0.1) is 24.2 Å². The van der Waals surface area contributed by atoms with Gasteiger partial charge in [0.25, 0.3) is 0 Å². The summed E-state index contributed by atoms with van der Waals surface area (Å²) in [6.07, 6.45) is 6.45. The number of rotatable bonds is 6. The summed E-state index contributed by atoms with van der Waals surface area (Å²) in [7, 11) is -3.27. The average molecular weight is 543 g/mol. The topological polar surface area (TPSA) is 84.7 Å². The molecule has 8 nitrogen and oxygen atoms in total. The molecular weight excluding hydrogens is 512 g/mol. The van der Waals surface area contributed by atoms with Crippen molar-refractivity contribution in [2.75, 3.05) is 37.3 Å². The Bertz CT molecular complexity index is 1400. The van der Waals surface area contributed by atoms with Crippen molar-refractivity contribution in [1.29, 1.82) is 0 Å². The van der Waals surface area contributed by atoms with Crippen molar-refractivity contribution in [3.05, 3.63) is 81.7 Å². The molecule has 0 amide bonds. The molecule has 5 rings (SSSR count). The van der Waals surface area contributed by atoms with Gasteiger partial charge in [0.1, 0.15) is 5.69 Å². The third kappa shape index (κ3) is 5.84. The second-order valence-corrected chi connectivity index (χ2v) is 12.1. The lowest BCUT2D eigenvalue weighted by Gasteiger charge is -2.36. The van der Waals surface area contributed by atoms with E-state index in [1.165, 1.54) is 20.8 Å². The molecule has 10 heteroatoms. The highest BCUT2D eigenvalue weighted by molar-refractivity contribution is 7.88. The highest BCUT2D eigenvalue weighted by atomic mass is 35.5. The molecule has 0 N–H and O–H groups in total. The maximum atomic E-state index is 13.7. The van der Waals surface area contributed by atoms with Crippen molar-refractivity contribution in [3.63, 3.8) is 0 Å². The summed E-state index contributed by atoms with van der Waals surface area (Å²) in [5, 5.41) is 4.94. The molecule has 2 aliphatic rings. The minimum atomic E-state index is -3.27. The van der Waals surface area contributed by atoms with Crippen LogP contribution in [-0.4, -0.2) is 61.0 Å². The van der Waals surface area contributed by atoms with Gasteiger partial charge >= 0.3 is 5.56 Å². The molecule has 0 radical (unpaired) electrons. The third-order valence-electron chi connectivity index (χ3n) is 7.25. The molecule has 0 spiro atoms. The van der Waals surface area contributed by atoms with E-state index in [0.29, 0.717) is 48.5 Å². The van der Waals surface area contributed by atoms with Gasteiger partial charge in [-0.1, -0.05) is 48.0 Å². The van der Waals surface area contributed by atoms with Crippen molar-refractivity contribution in [3.8, 4) is 11.4 Å². The van der Waals surface area contributed by atoms with E-state index in [-0.39, 0.29) is 17.4 Å². The first-order valence-electron chi connectivity index (χ1n) is 12.6. The summed E-state index contributed by atoms with van der Waals surface area (Å²) in [5.74, 6) is 0.746. The fourth-order valence-electron chi connectivity index (χ4n) is 5.22. The largest absolute Gasteiger partial charge is 0.483 e. The van der Waals surface area contributed by atoms with E-state index in [4.69, 9.17) is 16.3 Å². The van der Waals surface area contributed by atoms with E-state index in [9.17, 15) is 13.2 Å². The molecule has 1 saturated carbocycles. The van der Waals surface area contributed by atoms with Crippen molar-refractivity contribution >= 4 is 27.3 Å². The quantitative estimate of drug-likeness (QED) is 0.467. The van der Waals surface area contributed by atoms with Crippen LogP contribution in [0.2, 0.25) is 5.02 Å². The smallest absolute Gasteiger partial charge is 0.316 e. The molecule has 1 aliphatic carbocycles. The minimum Gasteiger partial charge on any atom is -0.483 e. The average Bonchev–Trinajstić information content (AvgIpc) is 2.90. The predicted molar refractivity (Wildman–Crippen MR) is 146 cm³/mol. The summed E-state index contributed by atoms with van der Waals surface area (Å²) in [6, 6.07) is 17.5. The van der Waals surface area contributed by atoms with Crippen LogP contribution in [0.15, 0.2) is 65.6 Å². The standard InChI is InChI=1S/C27H31ClN4O4S/c1-37(34,35)31-16-14-30(15-17-31)25-19-29-32(23-9-5-8-22(28)18-23)27(33)26(25)36-24-12-10-21(11-13-24)20-6-3-2-4-7-20/h2-9,18-19,21,24H,10-17H2,1H3. The Hall–Kier alpha value is -2.88. The van der Waals surface area contributed by atoms with Gasteiger partial charge in [-0.15, -0.1) is 0 Å². The molecule has 3 aromatic rings. The second-order valence-electron chi connectivity index (χ2n) is 9.71. The van der Waals surface area contributed by atoms with Gasteiger partial charge in [0.15, 0.2) is 0 Å². The highest BCUT2D eigenvalue weighted by Crippen LogP contribution is 2.36. The zero-order valence-electron chi connectivity index (χ0n) is 20.8. The fourth-order valence-corrected chi connectivity index (χ4v) is 6.23. The van der Waals surface area contributed by atoms with Gasteiger partial charge in [-0.05, 0) is 55.4 Å². The van der Waals surface area contributed by atoms with Gasteiger partial charge in [-0.25, -0.2) is 8.42 Å². The van der Waals surface area contributed by atoms with Gasteiger partial charge in [0, 0.05) is 31.2 Å². The zero-order valence-corrected chi connectivity index (χ0v) is 22.4. The van der Waals surface area contributed by atoms with Crippen LogP contribution in [0.3, 0.4) is 0 Å². The Morgan fingerprint density at radius 1 is 0.946 bits per heavy atom. The molecule has 1 aliphatic heterocycles. The van der Waals surface area contributed by atoms with Crippen LogP contribution in [-0.2, 0) is 10.0 Å². The van der Waals surface area contributed by atoms with Crippen LogP contribution in [0.5, 0.6) is 5.75 Å². The number of hydrogen-bond acceptors (Lipinski definition) is 6. The number of piperazine rings is 1. The van der Waals surface area contributed by atoms with Crippen LogP contribution in [0.4, 0.5) is 5.69 Å². The van der Waals surface area contributed by atoms with E-state index in [0.717, 1.165) is 25.7 Å². The number of ether oxygens (including phenoxy) is 1. The summed E-state index contributed by atoms with van der Waals surface area (Å²) in [5.41, 5.74) is 2.15. The van der Waals surface area contributed by atoms with Gasteiger partial charge in [0.2, 0.25) is 15.8 Å². The molecule has 196 valence electrons. The first kappa shape index (κ1) is 25.8. The SMILES string of the molecule is CS(=O)(=O)N1CCN(c2cnn(-c3cccc(Cl)c3)c(=O)c2OC2CCC(c3ccccc3)CC2)CC1. The molecule has 1 aromatic heterocycles. The van der Waals surface area contributed by atoms with E-state index in [1.807, 2.05) is 11.0 Å². The number of benzene rings is 2. The van der Waals surface area contributed by atoms with E-state index in [2.05, 4.69) is 29.4 Å². The van der Waals surface area contributed by atoms with Crippen LogP contribution in [0, 0.1) is 0 Å². The van der Waals surface area contributed by atoms with Crippen LogP contribution < -0.4 is 15.2 Å². The lowest BCUT2D eigenvalue weighted by Crippen LogP contribution is -2.49. The van der Waals surface area contributed by atoms with Crippen LogP contribution >= 0.6 is 11.6 Å². The lowest BCUT2D eigenvalue weighted by atomic mass is 9.83. The Morgan fingerprint density at radius 2 is 1.65 bits per heavy atom. The van der Waals surface area contributed by atoms with Crippen LogP contribution in [0.25, 0.3) is 5.69 Å². The van der Waals surface area contributed by atoms with E-state index < -0.39 is 10.0 Å². The van der Waals surface area contributed by atoms with Gasteiger partial charge in [-0.2, -0.15) is 14.1 Å². The maximum Gasteiger partial charge on any atom is 0.316 e. The Labute approximate surface area is 222 Å². The van der Waals surface area contributed by atoms with Crippen LogP contribution in [0.1, 0.15) is 37.2 Å². The Morgan fingerprint density at radius 3 is 2.30 bits per heavy atom.